The molecule has 84 valence electrons. The molecule has 0 unspecified atom stereocenters. The van der Waals surface area contributed by atoms with Crippen LogP contribution in [-0.4, -0.2) is 9.97 Å². The van der Waals surface area contributed by atoms with Gasteiger partial charge in [-0.3, -0.25) is 0 Å². The molecule has 0 radical (unpaired) electrons. The third-order valence-electron chi connectivity index (χ3n) is 2.03. The molecular weight excluding hydrogens is 264 g/mol. The Balaban J connectivity index is 2.65. The van der Waals surface area contributed by atoms with Crippen LogP contribution in [0.15, 0.2) is 24.5 Å². The second-order valence-corrected chi connectivity index (χ2v) is 4.03. The van der Waals surface area contributed by atoms with Crippen molar-refractivity contribution in [2.45, 2.75) is 0 Å². The fourth-order valence-corrected chi connectivity index (χ4v) is 1.87. The van der Waals surface area contributed by atoms with Gasteiger partial charge in [-0.05, 0) is 18.2 Å². The molecule has 2 aromatic rings. The number of hydrogen-bond donors (Lipinski definition) is 0. The van der Waals surface area contributed by atoms with Crippen molar-refractivity contribution < 1.29 is 4.39 Å². The molecule has 0 bridgehead atoms. The zero-order chi connectivity index (χ0) is 12.4. The predicted octanol–water partition coefficient (Wildman–Crippen LogP) is 3.46. The third-order valence-corrected chi connectivity index (χ3v) is 2.47. The van der Waals surface area contributed by atoms with E-state index < -0.39 is 5.82 Å². The molecule has 1 heterocycles. The van der Waals surface area contributed by atoms with Crippen molar-refractivity contribution in [3.05, 3.63) is 46.1 Å². The van der Waals surface area contributed by atoms with E-state index in [1.165, 1.54) is 18.2 Å². The van der Waals surface area contributed by atoms with E-state index in [4.69, 9.17) is 28.5 Å². The van der Waals surface area contributed by atoms with Crippen LogP contribution in [0, 0.1) is 17.1 Å². The van der Waals surface area contributed by atoms with Crippen LogP contribution in [-0.2, 0) is 0 Å². The van der Waals surface area contributed by atoms with Crippen LogP contribution in [0.1, 0.15) is 5.69 Å². The highest BCUT2D eigenvalue weighted by Crippen LogP contribution is 2.27. The Morgan fingerprint density at radius 1 is 1.12 bits per heavy atom. The molecule has 0 amide bonds. The molecule has 17 heavy (non-hydrogen) atoms. The van der Waals surface area contributed by atoms with Crippen LogP contribution < -0.4 is 0 Å². The Bertz CT molecular complexity index is 602. The Labute approximate surface area is 106 Å². The summed E-state index contributed by atoms with van der Waals surface area (Å²) in [5.41, 5.74) is 0.0888. The maximum absolute atomic E-state index is 13.8. The van der Waals surface area contributed by atoms with Crippen molar-refractivity contribution in [2.24, 2.45) is 0 Å². The molecule has 0 fully saturated rings. The molecule has 0 aliphatic heterocycles. The quantitative estimate of drug-likeness (QED) is 0.795. The Morgan fingerprint density at radius 2 is 1.76 bits per heavy atom. The summed E-state index contributed by atoms with van der Waals surface area (Å²) in [6, 6.07) is 6.20. The van der Waals surface area contributed by atoms with Crippen molar-refractivity contribution in [3.8, 4) is 17.3 Å². The average Bonchev–Trinajstić information content (AvgIpc) is 2.28. The standard InChI is InChI=1S/C11H4Cl2FN3/c12-7-1-6(2-8(13)3-7)11-10(14)9(4-15)16-5-17-11/h1-3,5H. The number of benzene rings is 1. The van der Waals surface area contributed by atoms with Crippen LogP contribution >= 0.6 is 23.2 Å². The predicted molar refractivity (Wildman–Crippen MR) is 62.2 cm³/mol. The van der Waals surface area contributed by atoms with E-state index in [1.807, 2.05) is 0 Å². The largest absolute Gasteiger partial charge is 0.233 e. The first-order valence-electron chi connectivity index (χ1n) is 4.49. The SMILES string of the molecule is N#Cc1ncnc(-c2cc(Cl)cc(Cl)c2)c1F. The number of hydrogen-bond acceptors (Lipinski definition) is 3. The summed E-state index contributed by atoms with van der Waals surface area (Å²) in [5, 5.41) is 9.40. The van der Waals surface area contributed by atoms with Crippen molar-refractivity contribution >= 4 is 23.2 Å². The molecule has 0 atom stereocenters. The molecular formula is C11H4Cl2FN3. The molecule has 0 aliphatic rings. The molecule has 0 saturated heterocycles. The van der Waals surface area contributed by atoms with E-state index in [9.17, 15) is 4.39 Å². The summed E-state index contributed by atoms with van der Waals surface area (Å²) in [6.45, 7) is 0. The van der Waals surface area contributed by atoms with Gasteiger partial charge in [-0.2, -0.15) is 5.26 Å². The molecule has 0 N–H and O–H groups in total. The second kappa shape index (κ2) is 4.66. The highest BCUT2D eigenvalue weighted by molar-refractivity contribution is 6.35. The summed E-state index contributed by atoms with van der Waals surface area (Å²) in [6.07, 6.45) is 1.12. The van der Waals surface area contributed by atoms with Crippen molar-refractivity contribution in [3.63, 3.8) is 0 Å². The topological polar surface area (TPSA) is 49.6 Å². The van der Waals surface area contributed by atoms with Crippen LogP contribution in [0.2, 0.25) is 10.0 Å². The molecule has 0 spiro atoms. The van der Waals surface area contributed by atoms with Gasteiger partial charge in [0.1, 0.15) is 18.1 Å². The fourth-order valence-electron chi connectivity index (χ4n) is 1.34. The van der Waals surface area contributed by atoms with Crippen LogP contribution in [0.4, 0.5) is 4.39 Å². The normalized spacial score (nSPS) is 10.0. The number of halogens is 3. The van der Waals surface area contributed by atoms with Gasteiger partial charge in [-0.25, -0.2) is 14.4 Å². The van der Waals surface area contributed by atoms with Gasteiger partial charge in [-0.1, -0.05) is 23.2 Å². The van der Waals surface area contributed by atoms with Crippen LogP contribution in [0.25, 0.3) is 11.3 Å². The van der Waals surface area contributed by atoms with E-state index in [2.05, 4.69) is 9.97 Å². The number of aromatic nitrogens is 2. The minimum atomic E-state index is -0.784. The molecule has 3 nitrogen and oxygen atoms in total. The van der Waals surface area contributed by atoms with Crippen LogP contribution in [0.3, 0.4) is 0 Å². The second-order valence-electron chi connectivity index (χ2n) is 3.15. The number of rotatable bonds is 1. The Morgan fingerprint density at radius 3 is 2.35 bits per heavy atom. The van der Waals surface area contributed by atoms with E-state index in [1.54, 1.807) is 6.07 Å². The van der Waals surface area contributed by atoms with Crippen molar-refractivity contribution in [1.82, 2.24) is 9.97 Å². The first-order valence-corrected chi connectivity index (χ1v) is 5.24. The van der Waals surface area contributed by atoms with Gasteiger partial charge in [0.2, 0.25) is 0 Å². The minimum Gasteiger partial charge on any atom is -0.233 e. The Hall–Kier alpha value is -1.70. The van der Waals surface area contributed by atoms with E-state index >= 15 is 0 Å². The summed E-state index contributed by atoms with van der Waals surface area (Å²) in [5.74, 6) is -0.784. The lowest BCUT2D eigenvalue weighted by molar-refractivity contribution is 0.613. The highest BCUT2D eigenvalue weighted by Gasteiger charge is 2.13. The third kappa shape index (κ3) is 2.36. The maximum atomic E-state index is 13.8. The zero-order valence-corrected chi connectivity index (χ0v) is 9.80. The summed E-state index contributed by atoms with van der Waals surface area (Å²) >= 11 is 11.6. The summed E-state index contributed by atoms with van der Waals surface area (Å²) < 4.78 is 13.8. The van der Waals surface area contributed by atoms with Gasteiger partial charge >= 0.3 is 0 Å². The van der Waals surface area contributed by atoms with Gasteiger partial charge in [0.25, 0.3) is 0 Å². The lowest BCUT2D eigenvalue weighted by Gasteiger charge is -2.04. The Kier molecular flexibility index (Phi) is 3.23. The summed E-state index contributed by atoms with van der Waals surface area (Å²) in [7, 11) is 0. The van der Waals surface area contributed by atoms with Gasteiger partial charge in [0.15, 0.2) is 11.5 Å². The lowest BCUT2D eigenvalue weighted by atomic mass is 10.1. The minimum absolute atomic E-state index is 0.000880. The lowest BCUT2D eigenvalue weighted by Crippen LogP contribution is -1.96. The van der Waals surface area contributed by atoms with Gasteiger partial charge in [-0.15, -0.1) is 0 Å². The zero-order valence-electron chi connectivity index (χ0n) is 8.28. The van der Waals surface area contributed by atoms with E-state index in [0.29, 0.717) is 15.6 Å². The van der Waals surface area contributed by atoms with E-state index in [0.717, 1.165) is 6.33 Å². The molecule has 2 rings (SSSR count). The fraction of sp³-hybridized carbons (Fsp3) is 0. The maximum Gasteiger partial charge on any atom is 0.185 e. The molecule has 1 aromatic carbocycles. The van der Waals surface area contributed by atoms with Crippen molar-refractivity contribution in [2.75, 3.05) is 0 Å². The van der Waals surface area contributed by atoms with Gasteiger partial charge in [0, 0.05) is 15.6 Å². The first kappa shape index (κ1) is 11.8. The highest BCUT2D eigenvalue weighted by atomic mass is 35.5. The van der Waals surface area contributed by atoms with Gasteiger partial charge in [0.05, 0.1) is 0 Å². The molecule has 0 saturated carbocycles. The average molecular weight is 268 g/mol. The molecule has 0 aliphatic carbocycles. The molecule has 1 aromatic heterocycles. The summed E-state index contributed by atoms with van der Waals surface area (Å²) in [4.78, 5) is 7.30. The van der Waals surface area contributed by atoms with Gasteiger partial charge < -0.3 is 0 Å². The van der Waals surface area contributed by atoms with Crippen LogP contribution in [0.5, 0.6) is 0 Å². The first-order chi connectivity index (χ1) is 8.11. The van der Waals surface area contributed by atoms with Crippen molar-refractivity contribution in [1.29, 1.82) is 5.26 Å². The number of nitrogens with zero attached hydrogens (tertiary/aromatic N) is 3. The molecule has 6 heteroatoms. The number of nitriles is 1. The van der Waals surface area contributed by atoms with E-state index in [-0.39, 0.29) is 11.4 Å². The monoisotopic (exact) mass is 267 g/mol. The smallest absolute Gasteiger partial charge is 0.185 e.